The maximum atomic E-state index is 13.0. The summed E-state index contributed by atoms with van der Waals surface area (Å²) < 4.78 is 0. The maximum absolute atomic E-state index is 13.0. The first-order valence-corrected chi connectivity index (χ1v) is 8.74. The lowest BCUT2D eigenvalue weighted by Gasteiger charge is -2.30. The molecule has 1 aromatic carbocycles. The van der Waals surface area contributed by atoms with Gasteiger partial charge in [-0.15, -0.1) is 12.4 Å². The number of carbonyl (C=O) groups excluding carboxylic acids is 1. The van der Waals surface area contributed by atoms with Gasteiger partial charge in [0.25, 0.3) is 0 Å². The van der Waals surface area contributed by atoms with E-state index in [0.717, 1.165) is 45.2 Å². The Morgan fingerprint density at radius 1 is 1.22 bits per heavy atom. The van der Waals surface area contributed by atoms with Crippen LogP contribution in [0.3, 0.4) is 0 Å². The lowest BCUT2D eigenvalue weighted by Crippen LogP contribution is -2.47. The van der Waals surface area contributed by atoms with Crippen LogP contribution in [-0.2, 0) is 10.2 Å². The molecule has 1 amide bonds. The maximum Gasteiger partial charge on any atom is 0.230 e. The molecule has 4 heteroatoms. The molecule has 1 unspecified atom stereocenters. The van der Waals surface area contributed by atoms with E-state index in [2.05, 4.69) is 48.7 Å². The van der Waals surface area contributed by atoms with Gasteiger partial charge in [-0.05, 0) is 42.9 Å². The van der Waals surface area contributed by atoms with Crippen LogP contribution < -0.4 is 10.6 Å². The second-order valence-corrected chi connectivity index (χ2v) is 7.23. The Balaban J connectivity index is 0.00000192. The van der Waals surface area contributed by atoms with Gasteiger partial charge >= 0.3 is 0 Å². The van der Waals surface area contributed by atoms with Crippen LogP contribution >= 0.6 is 12.4 Å². The molecule has 0 bridgehead atoms. The molecule has 3 nitrogen and oxygen atoms in total. The molecule has 128 valence electrons. The van der Waals surface area contributed by atoms with E-state index < -0.39 is 0 Å². The third-order valence-electron chi connectivity index (χ3n) is 5.42. The Hall–Kier alpha value is -1.06. The first kappa shape index (κ1) is 18.3. The Bertz CT molecular complexity index is 515. The topological polar surface area (TPSA) is 41.1 Å². The highest BCUT2D eigenvalue weighted by Crippen LogP contribution is 2.41. The smallest absolute Gasteiger partial charge is 0.230 e. The van der Waals surface area contributed by atoms with Crippen molar-refractivity contribution in [2.45, 2.75) is 63.3 Å². The first-order chi connectivity index (χ1) is 10.6. The highest BCUT2D eigenvalue weighted by molar-refractivity contribution is 5.89. The van der Waals surface area contributed by atoms with Crippen LogP contribution in [0.1, 0.15) is 63.0 Å². The largest absolute Gasteiger partial charge is 0.351 e. The molecular formula is C19H29ClN2O. The molecule has 1 aliphatic carbocycles. The summed E-state index contributed by atoms with van der Waals surface area (Å²) in [5.41, 5.74) is 2.26. The van der Waals surface area contributed by atoms with Crippen molar-refractivity contribution < 1.29 is 4.79 Å². The van der Waals surface area contributed by atoms with Crippen molar-refractivity contribution in [3.63, 3.8) is 0 Å². The second-order valence-electron chi connectivity index (χ2n) is 7.23. The highest BCUT2D eigenvalue weighted by atomic mass is 35.5. The van der Waals surface area contributed by atoms with Gasteiger partial charge in [0.2, 0.25) is 5.91 Å². The summed E-state index contributed by atoms with van der Waals surface area (Å²) in [6.45, 7) is 6.34. The molecule has 2 aliphatic rings. The number of rotatable bonds is 4. The molecule has 2 fully saturated rings. The van der Waals surface area contributed by atoms with Gasteiger partial charge in [0, 0.05) is 12.6 Å². The number of benzene rings is 1. The Morgan fingerprint density at radius 3 is 2.39 bits per heavy atom. The van der Waals surface area contributed by atoms with Crippen molar-refractivity contribution >= 4 is 18.3 Å². The molecule has 1 atom stereocenters. The number of halogens is 1. The van der Waals surface area contributed by atoms with Crippen molar-refractivity contribution in [1.29, 1.82) is 0 Å². The van der Waals surface area contributed by atoms with Crippen molar-refractivity contribution in [3.05, 3.63) is 35.4 Å². The molecule has 0 spiro atoms. The molecule has 1 saturated heterocycles. The SMILES string of the molecule is CC(C)c1ccc(C2(C(=O)NC3CCNC3)CCCC2)cc1.Cl. The summed E-state index contributed by atoms with van der Waals surface area (Å²) in [7, 11) is 0. The van der Waals surface area contributed by atoms with Crippen LogP contribution in [0, 0.1) is 0 Å². The zero-order valence-electron chi connectivity index (χ0n) is 14.2. The standard InChI is InChI=1S/C19H28N2O.ClH/c1-14(2)15-5-7-16(8-6-15)19(10-3-4-11-19)18(22)21-17-9-12-20-13-17;/h5-8,14,17,20H,3-4,9-13H2,1-2H3,(H,21,22);1H. The lowest BCUT2D eigenvalue weighted by atomic mass is 9.77. The van der Waals surface area contributed by atoms with Gasteiger partial charge in [0.05, 0.1) is 5.41 Å². The van der Waals surface area contributed by atoms with Crippen molar-refractivity contribution in [2.24, 2.45) is 0 Å². The van der Waals surface area contributed by atoms with Gasteiger partial charge in [0.15, 0.2) is 0 Å². The fourth-order valence-corrected chi connectivity index (χ4v) is 3.91. The fourth-order valence-electron chi connectivity index (χ4n) is 3.91. The molecule has 1 heterocycles. The van der Waals surface area contributed by atoms with Crippen LogP contribution in [0.5, 0.6) is 0 Å². The summed E-state index contributed by atoms with van der Waals surface area (Å²) in [4.78, 5) is 13.0. The molecule has 0 aromatic heterocycles. The monoisotopic (exact) mass is 336 g/mol. The third kappa shape index (κ3) is 3.72. The van der Waals surface area contributed by atoms with E-state index in [1.807, 2.05) is 0 Å². The van der Waals surface area contributed by atoms with E-state index >= 15 is 0 Å². The summed E-state index contributed by atoms with van der Waals surface area (Å²) in [5, 5.41) is 6.62. The minimum absolute atomic E-state index is 0. The van der Waals surface area contributed by atoms with Gasteiger partial charge in [-0.25, -0.2) is 0 Å². The van der Waals surface area contributed by atoms with Crippen LogP contribution in [0.2, 0.25) is 0 Å². The predicted octanol–water partition coefficient (Wildman–Crippen LogP) is 3.52. The summed E-state index contributed by atoms with van der Waals surface area (Å²) in [6, 6.07) is 9.08. The Morgan fingerprint density at radius 2 is 1.87 bits per heavy atom. The molecule has 1 aromatic rings. The van der Waals surface area contributed by atoms with E-state index in [4.69, 9.17) is 0 Å². The van der Waals surface area contributed by atoms with Crippen LogP contribution in [0.25, 0.3) is 0 Å². The average molecular weight is 337 g/mol. The van der Waals surface area contributed by atoms with Crippen LogP contribution in [0.4, 0.5) is 0 Å². The normalized spacial score (nSPS) is 22.8. The number of amides is 1. The summed E-state index contributed by atoms with van der Waals surface area (Å²) in [5.74, 6) is 0.781. The van der Waals surface area contributed by atoms with Crippen LogP contribution in [0.15, 0.2) is 24.3 Å². The summed E-state index contributed by atoms with van der Waals surface area (Å²) in [6.07, 6.45) is 5.33. The van der Waals surface area contributed by atoms with E-state index in [1.165, 1.54) is 11.1 Å². The Kier molecular flexibility index (Phi) is 6.10. The molecule has 23 heavy (non-hydrogen) atoms. The van der Waals surface area contributed by atoms with E-state index in [1.54, 1.807) is 0 Å². The second kappa shape index (κ2) is 7.67. The van der Waals surface area contributed by atoms with E-state index in [9.17, 15) is 4.79 Å². The predicted molar refractivity (Wildman–Crippen MR) is 97.3 cm³/mol. The van der Waals surface area contributed by atoms with Gasteiger partial charge < -0.3 is 10.6 Å². The first-order valence-electron chi connectivity index (χ1n) is 8.74. The van der Waals surface area contributed by atoms with Crippen molar-refractivity contribution in [2.75, 3.05) is 13.1 Å². The van der Waals surface area contributed by atoms with Gasteiger partial charge in [-0.1, -0.05) is 51.0 Å². The minimum atomic E-state index is -0.294. The minimum Gasteiger partial charge on any atom is -0.351 e. The zero-order valence-corrected chi connectivity index (χ0v) is 15.0. The molecule has 3 rings (SSSR count). The van der Waals surface area contributed by atoms with Gasteiger partial charge in [-0.2, -0.15) is 0 Å². The molecule has 2 N–H and O–H groups in total. The average Bonchev–Trinajstić information content (AvgIpc) is 3.19. The van der Waals surface area contributed by atoms with Crippen molar-refractivity contribution in [3.8, 4) is 0 Å². The number of hydrogen-bond donors (Lipinski definition) is 2. The lowest BCUT2D eigenvalue weighted by molar-refractivity contribution is -0.127. The summed E-state index contributed by atoms with van der Waals surface area (Å²) >= 11 is 0. The quantitative estimate of drug-likeness (QED) is 0.883. The van der Waals surface area contributed by atoms with E-state index in [-0.39, 0.29) is 23.7 Å². The number of nitrogens with one attached hydrogen (secondary N) is 2. The number of hydrogen-bond acceptors (Lipinski definition) is 2. The molecule has 0 radical (unpaired) electrons. The van der Waals surface area contributed by atoms with Crippen molar-refractivity contribution in [1.82, 2.24) is 10.6 Å². The fraction of sp³-hybridized carbons (Fsp3) is 0.632. The Labute approximate surface area is 146 Å². The number of carbonyl (C=O) groups is 1. The van der Waals surface area contributed by atoms with Crippen LogP contribution in [-0.4, -0.2) is 25.0 Å². The molecule has 1 aliphatic heterocycles. The molecular weight excluding hydrogens is 308 g/mol. The highest BCUT2D eigenvalue weighted by Gasteiger charge is 2.43. The zero-order chi connectivity index (χ0) is 15.6. The van der Waals surface area contributed by atoms with Gasteiger partial charge in [0.1, 0.15) is 0 Å². The third-order valence-corrected chi connectivity index (χ3v) is 5.42. The van der Waals surface area contributed by atoms with Gasteiger partial charge in [-0.3, -0.25) is 4.79 Å². The van der Waals surface area contributed by atoms with E-state index in [0.29, 0.717) is 12.0 Å². The molecule has 1 saturated carbocycles.